The molecule has 1 aliphatic rings. The Morgan fingerprint density at radius 3 is 2.87 bits per heavy atom. The van der Waals surface area contributed by atoms with Gasteiger partial charge in [0.05, 0.1) is 5.56 Å². The molecule has 2 rings (SSSR count). The predicted octanol–water partition coefficient (Wildman–Crippen LogP) is 0.977. The molecule has 1 aromatic rings. The van der Waals surface area contributed by atoms with Crippen LogP contribution in [0.3, 0.4) is 0 Å². The van der Waals surface area contributed by atoms with Gasteiger partial charge in [-0.05, 0) is 6.42 Å². The maximum atomic E-state index is 12.1. The summed E-state index contributed by atoms with van der Waals surface area (Å²) in [6, 6.07) is 0. The second-order valence-electron chi connectivity index (χ2n) is 3.75. The van der Waals surface area contributed by atoms with E-state index in [1.807, 2.05) is 25.9 Å². The topological polar surface area (TPSA) is 38.1 Å². The molecule has 0 N–H and O–H groups in total. The quantitative estimate of drug-likeness (QED) is 0.703. The summed E-state index contributed by atoms with van der Waals surface area (Å²) < 4.78 is 1.79. The lowest BCUT2D eigenvalue weighted by molar-refractivity contribution is 0.642. The number of nitrogens with zero attached hydrogens (tertiary/aromatic N) is 3. The summed E-state index contributed by atoms with van der Waals surface area (Å²) in [4.78, 5) is 18.6. The van der Waals surface area contributed by atoms with Crippen molar-refractivity contribution in [2.24, 2.45) is 0 Å². The van der Waals surface area contributed by atoms with Crippen molar-refractivity contribution < 1.29 is 0 Å². The fourth-order valence-electron chi connectivity index (χ4n) is 1.78. The first-order valence-corrected chi connectivity index (χ1v) is 6.07. The van der Waals surface area contributed by atoms with E-state index in [0.717, 1.165) is 35.3 Å². The summed E-state index contributed by atoms with van der Waals surface area (Å²) in [6.45, 7) is 2.80. The molecule has 0 aliphatic carbocycles. The number of hydrogen-bond donors (Lipinski definition) is 0. The van der Waals surface area contributed by atoms with E-state index in [2.05, 4.69) is 4.98 Å². The predicted molar refractivity (Wildman–Crippen MR) is 62.9 cm³/mol. The summed E-state index contributed by atoms with van der Waals surface area (Å²) in [5, 5.41) is 0.862. The molecule has 0 amide bonds. The molecule has 15 heavy (non-hydrogen) atoms. The van der Waals surface area contributed by atoms with Crippen LogP contribution in [0.25, 0.3) is 0 Å². The van der Waals surface area contributed by atoms with E-state index >= 15 is 0 Å². The maximum absolute atomic E-state index is 12.1. The number of anilines is 1. The molecule has 2 heterocycles. The molecule has 0 atom stereocenters. The minimum absolute atomic E-state index is 0.135. The zero-order valence-electron chi connectivity index (χ0n) is 9.28. The molecule has 82 valence electrons. The number of fused-ring (bicyclic) bond motifs is 1. The molecule has 0 saturated heterocycles. The van der Waals surface area contributed by atoms with Crippen molar-refractivity contribution in [3.05, 3.63) is 15.9 Å². The molecular formula is C10H15N3OS. The molecule has 0 aromatic carbocycles. The van der Waals surface area contributed by atoms with E-state index < -0.39 is 0 Å². The summed E-state index contributed by atoms with van der Waals surface area (Å²) in [7, 11) is 3.86. The van der Waals surface area contributed by atoms with Crippen molar-refractivity contribution in [3.8, 4) is 0 Å². The van der Waals surface area contributed by atoms with Gasteiger partial charge >= 0.3 is 0 Å². The maximum Gasteiger partial charge on any atom is 0.259 e. The molecule has 4 nitrogen and oxygen atoms in total. The minimum atomic E-state index is 0.135. The van der Waals surface area contributed by atoms with Crippen LogP contribution in [0.4, 0.5) is 5.82 Å². The van der Waals surface area contributed by atoms with Gasteiger partial charge in [0.1, 0.15) is 5.82 Å². The average Bonchev–Trinajstić information content (AvgIpc) is 2.65. The Morgan fingerprint density at radius 2 is 2.27 bits per heavy atom. The Balaban J connectivity index is 2.67. The van der Waals surface area contributed by atoms with Gasteiger partial charge in [0.2, 0.25) is 0 Å². The van der Waals surface area contributed by atoms with E-state index in [1.54, 1.807) is 16.3 Å². The van der Waals surface area contributed by atoms with Crippen molar-refractivity contribution >= 4 is 17.6 Å². The smallest absolute Gasteiger partial charge is 0.259 e. The van der Waals surface area contributed by atoms with Gasteiger partial charge in [-0.3, -0.25) is 9.36 Å². The van der Waals surface area contributed by atoms with E-state index in [9.17, 15) is 4.79 Å². The number of thioether (sulfide) groups is 1. The summed E-state index contributed by atoms with van der Waals surface area (Å²) in [6.07, 6.45) is 0.740. The molecule has 0 radical (unpaired) electrons. The largest absolute Gasteiger partial charge is 0.362 e. The SMILES string of the molecule is CCc1c(N(C)C)nc2n(c1=O)CCS2. The van der Waals surface area contributed by atoms with Gasteiger partial charge in [-0.15, -0.1) is 0 Å². The van der Waals surface area contributed by atoms with Crippen LogP contribution in [0.15, 0.2) is 9.95 Å². The zero-order valence-corrected chi connectivity index (χ0v) is 10.1. The average molecular weight is 225 g/mol. The number of rotatable bonds is 2. The van der Waals surface area contributed by atoms with Gasteiger partial charge in [0.25, 0.3) is 5.56 Å². The van der Waals surface area contributed by atoms with Gasteiger partial charge in [0, 0.05) is 26.4 Å². The molecule has 0 saturated carbocycles. The van der Waals surface area contributed by atoms with Crippen molar-refractivity contribution in [1.82, 2.24) is 9.55 Å². The fraction of sp³-hybridized carbons (Fsp3) is 0.600. The monoisotopic (exact) mass is 225 g/mol. The Labute approximate surface area is 93.3 Å². The highest BCUT2D eigenvalue weighted by atomic mass is 32.2. The van der Waals surface area contributed by atoms with Gasteiger partial charge in [-0.1, -0.05) is 18.7 Å². The minimum Gasteiger partial charge on any atom is -0.362 e. The van der Waals surface area contributed by atoms with Gasteiger partial charge in [-0.2, -0.15) is 0 Å². The first-order chi connectivity index (χ1) is 7.15. The zero-order chi connectivity index (χ0) is 11.0. The standard InChI is InChI=1S/C10H15N3OS/c1-4-7-8(12(2)3)11-10-13(9(7)14)5-6-15-10/h4-6H2,1-3H3. The van der Waals surface area contributed by atoms with Gasteiger partial charge < -0.3 is 4.90 Å². The fourth-order valence-corrected chi connectivity index (χ4v) is 2.72. The number of aromatic nitrogens is 2. The molecular weight excluding hydrogens is 210 g/mol. The van der Waals surface area contributed by atoms with Crippen molar-refractivity contribution in [2.45, 2.75) is 25.0 Å². The Morgan fingerprint density at radius 1 is 1.53 bits per heavy atom. The highest BCUT2D eigenvalue weighted by molar-refractivity contribution is 7.99. The van der Waals surface area contributed by atoms with Crippen LogP contribution >= 0.6 is 11.8 Å². The normalized spacial score (nSPS) is 14.1. The Bertz CT molecular complexity index is 439. The van der Waals surface area contributed by atoms with Crippen LogP contribution in [-0.4, -0.2) is 29.4 Å². The van der Waals surface area contributed by atoms with E-state index in [1.165, 1.54) is 0 Å². The lowest BCUT2D eigenvalue weighted by atomic mass is 10.2. The summed E-state index contributed by atoms with van der Waals surface area (Å²) in [5.74, 6) is 1.78. The molecule has 5 heteroatoms. The van der Waals surface area contributed by atoms with E-state index in [0.29, 0.717) is 0 Å². The van der Waals surface area contributed by atoms with Crippen LogP contribution in [0, 0.1) is 0 Å². The summed E-state index contributed by atoms with van der Waals surface area (Å²) >= 11 is 1.66. The Kier molecular flexibility index (Phi) is 2.73. The highest BCUT2D eigenvalue weighted by Gasteiger charge is 2.20. The van der Waals surface area contributed by atoms with Crippen molar-refractivity contribution in [2.75, 3.05) is 24.7 Å². The second-order valence-corrected chi connectivity index (χ2v) is 4.81. The molecule has 1 aliphatic heterocycles. The van der Waals surface area contributed by atoms with E-state index in [-0.39, 0.29) is 5.56 Å². The van der Waals surface area contributed by atoms with Crippen LogP contribution < -0.4 is 10.5 Å². The molecule has 1 aromatic heterocycles. The van der Waals surface area contributed by atoms with E-state index in [4.69, 9.17) is 0 Å². The third-order valence-electron chi connectivity index (χ3n) is 2.53. The highest BCUT2D eigenvalue weighted by Crippen LogP contribution is 2.25. The third-order valence-corrected chi connectivity index (χ3v) is 3.49. The van der Waals surface area contributed by atoms with Crippen LogP contribution in [-0.2, 0) is 13.0 Å². The lowest BCUT2D eigenvalue weighted by Gasteiger charge is -2.16. The van der Waals surface area contributed by atoms with Crippen LogP contribution in [0.1, 0.15) is 12.5 Å². The first kappa shape index (κ1) is 10.5. The molecule has 0 spiro atoms. The third kappa shape index (κ3) is 1.65. The van der Waals surface area contributed by atoms with Crippen molar-refractivity contribution in [3.63, 3.8) is 0 Å². The van der Waals surface area contributed by atoms with Crippen molar-refractivity contribution in [1.29, 1.82) is 0 Å². The summed E-state index contributed by atoms with van der Waals surface area (Å²) in [5.41, 5.74) is 0.961. The Hall–Kier alpha value is -0.970. The molecule has 0 bridgehead atoms. The number of hydrogen-bond acceptors (Lipinski definition) is 4. The molecule has 0 unspecified atom stereocenters. The van der Waals surface area contributed by atoms with Gasteiger partial charge in [0.15, 0.2) is 5.16 Å². The first-order valence-electron chi connectivity index (χ1n) is 5.09. The second kappa shape index (κ2) is 3.89. The van der Waals surface area contributed by atoms with Crippen LogP contribution in [0.5, 0.6) is 0 Å². The van der Waals surface area contributed by atoms with Crippen LogP contribution in [0.2, 0.25) is 0 Å². The van der Waals surface area contributed by atoms with Gasteiger partial charge in [-0.25, -0.2) is 4.98 Å². The molecule has 0 fully saturated rings. The lowest BCUT2D eigenvalue weighted by Crippen LogP contribution is -2.28.